The predicted molar refractivity (Wildman–Crippen MR) is 69.0 cm³/mol. The number of nitrogens with one attached hydrogen (secondary N) is 1. The maximum absolute atomic E-state index is 12.1. The summed E-state index contributed by atoms with van der Waals surface area (Å²) in [4.78, 5) is 22.8. The van der Waals surface area contributed by atoms with E-state index >= 15 is 0 Å². The summed E-state index contributed by atoms with van der Waals surface area (Å²) in [5.41, 5.74) is 1.40. The molecule has 0 saturated heterocycles. The number of carbonyl (C=O) groups is 2. The smallest absolute Gasteiger partial charge is 0.306 e. The summed E-state index contributed by atoms with van der Waals surface area (Å²) in [6.45, 7) is 5.87. The van der Waals surface area contributed by atoms with Gasteiger partial charge >= 0.3 is 5.97 Å². The van der Waals surface area contributed by atoms with Crippen LogP contribution in [0.1, 0.15) is 48.8 Å². The minimum atomic E-state index is -0.783. The number of hydrogen-bond acceptors (Lipinski definition) is 3. The van der Waals surface area contributed by atoms with Gasteiger partial charge < -0.3 is 10.4 Å². The largest absolute Gasteiger partial charge is 0.481 e. The maximum atomic E-state index is 12.1. The molecule has 1 aromatic rings. The van der Waals surface area contributed by atoms with E-state index in [0.29, 0.717) is 18.4 Å². The van der Waals surface area contributed by atoms with Crippen LogP contribution in [-0.4, -0.2) is 32.8 Å². The molecule has 1 heterocycles. The minimum Gasteiger partial charge on any atom is -0.481 e. The molecule has 0 aliphatic heterocycles. The van der Waals surface area contributed by atoms with E-state index < -0.39 is 5.97 Å². The van der Waals surface area contributed by atoms with Crippen LogP contribution in [-0.2, 0) is 4.79 Å². The normalized spacial score (nSPS) is 22.1. The summed E-state index contributed by atoms with van der Waals surface area (Å²) < 4.78 is 1.80. The van der Waals surface area contributed by atoms with Crippen molar-refractivity contribution in [1.29, 1.82) is 0 Å². The van der Waals surface area contributed by atoms with Crippen LogP contribution in [0, 0.1) is 12.8 Å². The van der Waals surface area contributed by atoms with Gasteiger partial charge in [0.25, 0.3) is 5.91 Å². The summed E-state index contributed by atoms with van der Waals surface area (Å²) in [5, 5.41) is 15.8. The van der Waals surface area contributed by atoms with E-state index in [0.717, 1.165) is 5.69 Å². The predicted octanol–water partition coefficient (Wildman–Crippen LogP) is 1.37. The van der Waals surface area contributed by atoms with Crippen LogP contribution in [0.25, 0.3) is 0 Å². The van der Waals surface area contributed by atoms with Gasteiger partial charge in [0.2, 0.25) is 0 Å². The fourth-order valence-corrected chi connectivity index (χ4v) is 2.37. The molecule has 0 atom stereocenters. The van der Waals surface area contributed by atoms with Gasteiger partial charge in [0.1, 0.15) is 0 Å². The van der Waals surface area contributed by atoms with E-state index in [9.17, 15) is 9.59 Å². The van der Waals surface area contributed by atoms with Gasteiger partial charge in [-0.3, -0.25) is 14.3 Å². The number of carboxylic acids is 1. The van der Waals surface area contributed by atoms with Crippen molar-refractivity contribution in [3.63, 3.8) is 0 Å². The molecule has 1 amide bonds. The number of aromatic nitrogens is 2. The zero-order valence-electron chi connectivity index (χ0n) is 11.4. The van der Waals surface area contributed by atoms with Gasteiger partial charge in [-0.1, -0.05) is 0 Å². The molecular weight excluding hydrogens is 246 g/mol. The summed E-state index contributed by atoms with van der Waals surface area (Å²) in [6, 6.07) is 0.178. The van der Waals surface area contributed by atoms with Crippen molar-refractivity contribution < 1.29 is 14.7 Å². The van der Waals surface area contributed by atoms with Crippen molar-refractivity contribution in [3.05, 3.63) is 17.5 Å². The highest BCUT2D eigenvalue weighted by molar-refractivity contribution is 5.95. The minimum absolute atomic E-state index is 0.0320. The second kappa shape index (κ2) is 5.03. The first-order valence-corrected chi connectivity index (χ1v) is 6.48. The Bertz CT molecular complexity index is 501. The molecule has 6 heteroatoms. The van der Waals surface area contributed by atoms with E-state index in [1.54, 1.807) is 10.9 Å². The fourth-order valence-electron chi connectivity index (χ4n) is 2.37. The van der Waals surface area contributed by atoms with E-state index in [1.807, 2.05) is 20.8 Å². The van der Waals surface area contributed by atoms with Crippen LogP contribution in [0.2, 0.25) is 0 Å². The Hall–Kier alpha value is -1.85. The quantitative estimate of drug-likeness (QED) is 0.861. The second-order valence-corrected chi connectivity index (χ2v) is 5.36. The molecule has 0 aromatic carbocycles. The maximum Gasteiger partial charge on any atom is 0.306 e. The summed E-state index contributed by atoms with van der Waals surface area (Å²) in [6.07, 6.45) is 2.59. The molecule has 0 bridgehead atoms. The molecule has 1 aliphatic rings. The first kappa shape index (κ1) is 13.6. The van der Waals surface area contributed by atoms with Gasteiger partial charge in [0.15, 0.2) is 0 Å². The van der Waals surface area contributed by atoms with Crippen LogP contribution in [0.4, 0.5) is 0 Å². The van der Waals surface area contributed by atoms with Crippen molar-refractivity contribution in [2.75, 3.05) is 0 Å². The van der Waals surface area contributed by atoms with Crippen molar-refractivity contribution in [2.45, 2.75) is 45.7 Å². The average Bonchev–Trinajstić information content (AvgIpc) is 2.64. The summed E-state index contributed by atoms with van der Waals surface area (Å²) >= 11 is 0. The van der Waals surface area contributed by atoms with Crippen LogP contribution < -0.4 is 5.32 Å². The Balaban J connectivity index is 1.96. The number of amides is 1. The first-order chi connectivity index (χ1) is 8.90. The van der Waals surface area contributed by atoms with E-state index in [-0.39, 0.29) is 23.9 Å². The molecule has 19 heavy (non-hydrogen) atoms. The SMILES string of the molecule is Cc1c(C(=O)NC2CC(C(=O)O)C2)cnn1C(C)C. The summed E-state index contributed by atoms with van der Waals surface area (Å²) in [7, 11) is 0. The number of nitrogens with zero attached hydrogens (tertiary/aromatic N) is 2. The van der Waals surface area contributed by atoms with Crippen LogP contribution in [0.15, 0.2) is 6.20 Å². The van der Waals surface area contributed by atoms with Gasteiger partial charge in [0.05, 0.1) is 17.7 Å². The lowest BCUT2D eigenvalue weighted by atomic mass is 9.80. The third-order valence-corrected chi connectivity index (χ3v) is 3.60. The van der Waals surface area contributed by atoms with E-state index in [1.165, 1.54) is 0 Å². The molecule has 104 valence electrons. The highest BCUT2D eigenvalue weighted by Gasteiger charge is 2.35. The number of hydrogen-bond donors (Lipinski definition) is 2. The van der Waals surface area contributed by atoms with Gasteiger partial charge in [-0.2, -0.15) is 5.10 Å². The average molecular weight is 265 g/mol. The Labute approximate surface area is 111 Å². The molecular formula is C13H19N3O3. The molecule has 0 spiro atoms. The molecule has 1 aliphatic carbocycles. The fraction of sp³-hybridized carbons (Fsp3) is 0.615. The molecule has 2 N–H and O–H groups in total. The highest BCUT2D eigenvalue weighted by atomic mass is 16.4. The first-order valence-electron chi connectivity index (χ1n) is 6.48. The molecule has 0 unspecified atom stereocenters. The van der Waals surface area contributed by atoms with Gasteiger partial charge in [0, 0.05) is 17.8 Å². The monoisotopic (exact) mass is 265 g/mol. The number of rotatable bonds is 4. The second-order valence-electron chi connectivity index (χ2n) is 5.36. The van der Waals surface area contributed by atoms with Gasteiger partial charge in [-0.15, -0.1) is 0 Å². The molecule has 1 fully saturated rings. The molecule has 1 aromatic heterocycles. The molecule has 6 nitrogen and oxygen atoms in total. The van der Waals surface area contributed by atoms with Crippen LogP contribution in [0.3, 0.4) is 0 Å². The lowest BCUT2D eigenvalue weighted by Gasteiger charge is -2.32. The standard InChI is InChI=1S/C13H19N3O3/c1-7(2)16-8(3)11(6-14-16)12(17)15-10-4-9(5-10)13(18)19/h6-7,9-10H,4-5H2,1-3H3,(H,15,17)(H,18,19). The van der Waals surface area contributed by atoms with Crippen molar-refractivity contribution in [2.24, 2.45) is 5.92 Å². The van der Waals surface area contributed by atoms with E-state index in [4.69, 9.17) is 5.11 Å². The molecule has 2 rings (SSSR count). The Morgan fingerprint density at radius 2 is 2.11 bits per heavy atom. The van der Waals surface area contributed by atoms with Crippen molar-refractivity contribution in [1.82, 2.24) is 15.1 Å². The topological polar surface area (TPSA) is 84.2 Å². The Morgan fingerprint density at radius 1 is 1.47 bits per heavy atom. The van der Waals surface area contributed by atoms with Gasteiger partial charge in [-0.05, 0) is 33.6 Å². The third kappa shape index (κ3) is 2.62. The summed E-state index contributed by atoms with van der Waals surface area (Å²) in [5.74, 6) is -1.27. The third-order valence-electron chi connectivity index (χ3n) is 3.60. The molecule has 1 saturated carbocycles. The zero-order chi connectivity index (χ0) is 14.2. The lowest BCUT2D eigenvalue weighted by molar-refractivity contribution is -0.145. The Kier molecular flexibility index (Phi) is 3.59. The number of aliphatic carboxylic acids is 1. The van der Waals surface area contributed by atoms with Crippen LogP contribution >= 0.6 is 0 Å². The highest BCUT2D eigenvalue weighted by Crippen LogP contribution is 2.27. The van der Waals surface area contributed by atoms with Gasteiger partial charge in [-0.25, -0.2) is 0 Å². The van der Waals surface area contributed by atoms with Crippen molar-refractivity contribution in [3.8, 4) is 0 Å². The zero-order valence-corrected chi connectivity index (χ0v) is 11.4. The number of carboxylic acid groups (broad SMARTS) is 1. The van der Waals surface area contributed by atoms with Crippen LogP contribution in [0.5, 0.6) is 0 Å². The van der Waals surface area contributed by atoms with Crippen molar-refractivity contribution >= 4 is 11.9 Å². The number of carbonyl (C=O) groups excluding carboxylic acids is 1. The lowest BCUT2D eigenvalue weighted by Crippen LogP contribution is -2.46. The Morgan fingerprint density at radius 3 is 2.58 bits per heavy atom. The molecule has 0 radical (unpaired) electrons. The van der Waals surface area contributed by atoms with E-state index in [2.05, 4.69) is 10.4 Å².